The molecule has 0 saturated carbocycles. The molecule has 2 rings (SSSR count). The third-order valence-electron chi connectivity index (χ3n) is 2.59. The molecule has 5 nitrogen and oxygen atoms in total. The number of nitrogens with zero attached hydrogens (tertiary/aromatic N) is 1. The van der Waals surface area contributed by atoms with Crippen molar-refractivity contribution in [3.8, 4) is 0 Å². The van der Waals surface area contributed by atoms with Crippen molar-refractivity contribution in [2.24, 2.45) is 0 Å². The van der Waals surface area contributed by atoms with Gasteiger partial charge in [0.25, 0.3) is 10.0 Å². The van der Waals surface area contributed by atoms with Crippen molar-refractivity contribution in [1.29, 1.82) is 0 Å². The highest BCUT2D eigenvalue weighted by Gasteiger charge is 2.30. The molecule has 8 heteroatoms. The van der Waals surface area contributed by atoms with E-state index < -0.39 is 16.0 Å². The molecule has 0 radical (unpaired) electrons. The highest BCUT2D eigenvalue weighted by Crippen LogP contribution is 2.28. The maximum atomic E-state index is 12.3. The fourth-order valence-electron chi connectivity index (χ4n) is 1.71. The van der Waals surface area contributed by atoms with E-state index in [2.05, 4.69) is 0 Å². The lowest BCUT2D eigenvalue weighted by molar-refractivity contribution is 0.0702. The molecule has 2 heterocycles. The van der Waals surface area contributed by atoms with Crippen molar-refractivity contribution in [2.45, 2.75) is 16.4 Å². The molecule has 0 aromatic carbocycles. The van der Waals surface area contributed by atoms with Crippen LogP contribution >= 0.6 is 23.1 Å². The number of hydrogen-bond donors (Lipinski definition) is 1. The number of aromatic carboxylic acids is 1. The lowest BCUT2D eigenvalue weighted by Crippen LogP contribution is -2.40. The molecule has 1 saturated heterocycles. The van der Waals surface area contributed by atoms with Crippen LogP contribution in [0.2, 0.25) is 0 Å². The Balaban J connectivity index is 2.26. The van der Waals surface area contributed by atoms with Gasteiger partial charge in [-0.25, -0.2) is 13.2 Å². The molecule has 1 aromatic rings. The van der Waals surface area contributed by atoms with Gasteiger partial charge in [0, 0.05) is 24.1 Å². The zero-order valence-corrected chi connectivity index (χ0v) is 12.1. The quantitative estimate of drug-likeness (QED) is 0.917. The van der Waals surface area contributed by atoms with E-state index in [0.717, 1.165) is 17.1 Å². The van der Waals surface area contributed by atoms with Crippen LogP contribution in [0.1, 0.15) is 16.6 Å². The summed E-state index contributed by atoms with van der Waals surface area (Å²) in [5, 5.41) is 9.09. The molecule has 18 heavy (non-hydrogen) atoms. The minimum absolute atomic E-state index is 0.0491. The Hall–Kier alpha value is -0.570. The van der Waals surface area contributed by atoms with Gasteiger partial charge in [0.2, 0.25) is 0 Å². The van der Waals surface area contributed by atoms with Gasteiger partial charge < -0.3 is 5.11 Å². The maximum Gasteiger partial charge on any atom is 0.345 e. The second-order valence-electron chi connectivity index (χ2n) is 3.97. The smallest absolute Gasteiger partial charge is 0.345 e. The molecule has 0 amide bonds. The summed E-state index contributed by atoms with van der Waals surface area (Å²) in [6.07, 6.45) is 0. The van der Waals surface area contributed by atoms with Crippen LogP contribution in [0.25, 0.3) is 0 Å². The van der Waals surface area contributed by atoms with Gasteiger partial charge >= 0.3 is 5.97 Å². The highest BCUT2D eigenvalue weighted by molar-refractivity contribution is 8.00. The molecule has 0 spiro atoms. The van der Waals surface area contributed by atoms with Gasteiger partial charge in [0.15, 0.2) is 0 Å². The maximum absolute atomic E-state index is 12.3. The third-order valence-corrected chi connectivity index (χ3v) is 7.13. The first-order valence-electron chi connectivity index (χ1n) is 5.36. The Labute approximate surface area is 114 Å². The number of carboxylic acids is 1. The average Bonchev–Trinajstić information content (AvgIpc) is 2.79. The van der Waals surface area contributed by atoms with Gasteiger partial charge in [-0.15, -0.1) is 11.3 Å². The Morgan fingerprint density at radius 2 is 2.22 bits per heavy atom. The van der Waals surface area contributed by atoms with Crippen molar-refractivity contribution in [3.05, 3.63) is 17.0 Å². The average molecular weight is 307 g/mol. The number of thioether (sulfide) groups is 1. The molecule has 1 fully saturated rings. The number of carboxylic acid groups (broad SMARTS) is 1. The minimum atomic E-state index is -3.53. The van der Waals surface area contributed by atoms with Crippen LogP contribution in [-0.4, -0.2) is 47.9 Å². The van der Waals surface area contributed by atoms with Crippen molar-refractivity contribution < 1.29 is 18.3 Å². The minimum Gasteiger partial charge on any atom is -0.477 e. The summed E-state index contributed by atoms with van der Waals surface area (Å²) in [4.78, 5) is 10.8. The summed E-state index contributed by atoms with van der Waals surface area (Å²) in [5.74, 6) is -0.318. The largest absolute Gasteiger partial charge is 0.477 e. The van der Waals surface area contributed by atoms with E-state index in [9.17, 15) is 13.2 Å². The van der Waals surface area contributed by atoms with Gasteiger partial charge in [-0.05, 0) is 12.1 Å². The first-order chi connectivity index (χ1) is 8.41. The first-order valence-corrected chi connectivity index (χ1v) is 8.66. The van der Waals surface area contributed by atoms with Crippen LogP contribution in [0.15, 0.2) is 16.3 Å². The molecule has 1 N–H and O–H groups in total. The Morgan fingerprint density at radius 3 is 2.78 bits per heavy atom. The zero-order valence-electron chi connectivity index (χ0n) is 9.70. The summed E-state index contributed by atoms with van der Waals surface area (Å²) >= 11 is 2.55. The summed E-state index contributed by atoms with van der Waals surface area (Å²) in [6.45, 7) is 2.95. The lowest BCUT2D eigenvalue weighted by Gasteiger charge is -2.29. The van der Waals surface area contributed by atoms with Gasteiger partial charge in [-0.2, -0.15) is 16.1 Å². The Bertz CT molecular complexity index is 551. The van der Waals surface area contributed by atoms with Crippen molar-refractivity contribution >= 4 is 39.1 Å². The third kappa shape index (κ3) is 2.71. The first kappa shape index (κ1) is 13.9. The molecule has 100 valence electrons. The standard InChI is InChI=1S/C10H13NO4S3/c1-7-6-11(4-5-16-7)18(14,15)9-3-2-8(17-9)10(12)13/h2-3,7H,4-6H2,1H3,(H,12,13). The van der Waals surface area contributed by atoms with Crippen LogP contribution in [0.3, 0.4) is 0 Å². The lowest BCUT2D eigenvalue weighted by atomic mass is 10.4. The zero-order chi connectivity index (χ0) is 13.3. The van der Waals surface area contributed by atoms with E-state index in [-0.39, 0.29) is 14.3 Å². The van der Waals surface area contributed by atoms with E-state index in [1.54, 1.807) is 11.8 Å². The number of carbonyl (C=O) groups is 1. The van der Waals surface area contributed by atoms with Crippen molar-refractivity contribution in [1.82, 2.24) is 4.31 Å². The van der Waals surface area contributed by atoms with Gasteiger partial charge in [0.05, 0.1) is 0 Å². The Kier molecular flexibility index (Phi) is 4.00. The van der Waals surface area contributed by atoms with Crippen LogP contribution in [0, 0.1) is 0 Å². The van der Waals surface area contributed by atoms with Crippen LogP contribution < -0.4 is 0 Å². The molecule has 0 bridgehead atoms. The molecule has 1 aromatic heterocycles. The number of rotatable bonds is 3. The topological polar surface area (TPSA) is 74.7 Å². The molecule has 1 aliphatic heterocycles. The van der Waals surface area contributed by atoms with E-state index in [1.165, 1.54) is 16.4 Å². The van der Waals surface area contributed by atoms with Gasteiger partial charge in [-0.1, -0.05) is 6.92 Å². The van der Waals surface area contributed by atoms with Crippen LogP contribution in [0.4, 0.5) is 0 Å². The molecule has 1 unspecified atom stereocenters. The predicted octanol–water partition coefficient (Wildman–Crippen LogP) is 1.57. The molecule has 0 aliphatic carbocycles. The summed E-state index contributed by atoms with van der Waals surface area (Å²) < 4.78 is 26.2. The molecular weight excluding hydrogens is 294 g/mol. The predicted molar refractivity (Wildman–Crippen MR) is 72.0 cm³/mol. The monoisotopic (exact) mass is 307 g/mol. The van der Waals surface area contributed by atoms with E-state index in [1.807, 2.05) is 6.92 Å². The SMILES string of the molecule is CC1CN(S(=O)(=O)c2ccc(C(=O)O)s2)CCS1. The molecule has 1 aliphatic rings. The summed E-state index contributed by atoms with van der Waals surface area (Å²) in [5.41, 5.74) is 0. The fraction of sp³-hybridized carbons (Fsp3) is 0.500. The fourth-order valence-corrected chi connectivity index (χ4v) is 5.76. The number of thiophene rings is 1. The second kappa shape index (κ2) is 5.20. The molecular formula is C10H13NO4S3. The van der Waals surface area contributed by atoms with E-state index in [0.29, 0.717) is 13.1 Å². The highest BCUT2D eigenvalue weighted by atomic mass is 32.2. The molecule has 1 atom stereocenters. The van der Waals surface area contributed by atoms with Crippen molar-refractivity contribution in [3.63, 3.8) is 0 Å². The second-order valence-corrected chi connectivity index (χ2v) is 8.76. The summed E-state index contributed by atoms with van der Waals surface area (Å²) in [6, 6.07) is 2.71. The van der Waals surface area contributed by atoms with Crippen molar-refractivity contribution in [2.75, 3.05) is 18.8 Å². The number of hydrogen-bond acceptors (Lipinski definition) is 5. The van der Waals surface area contributed by atoms with Crippen LogP contribution in [0.5, 0.6) is 0 Å². The normalized spacial score (nSPS) is 21.9. The number of sulfonamides is 1. The Morgan fingerprint density at radius 1 is 1.50 bits per heavy atom. The van der Waals surface area contributed by atoms with Crippen LogP contribution in [-0.2, 0) is 10.0 Å². The van der Waals surface area contributed by atoms with E-state index in [4.69, 9.17) is 5.11 Å². The van der Waals surface area contributed by atoms with Gasteiger partial charge in [-0.3, -0.25) is 0 Å². The summed E-state index contributed by atoms with van der Waals surface area (Å²) in [7, 11) is -3.53. The van der Waals surface area contributed by atoms with E-state index >= 15 is 0 Å². The van der Waals surface area contributed by atoms with Gasteiger partial charge in [0.1, 0.15) is 9.09 Å².